The maximum Gasteiger partial charge on any atom is 0.0827 e. The lowest BCUT2D eigenvalue weighted by atomic mass is 10.0. The van der Waals surface area contributed by atoms with Crippen LogP contribution in [0.2, 0.25) is 0 Å². The number of rotatable bonds is 6. The Labute approximate surface area is 85.7 Å². The Hall–Kier alpha value is -0.900. The van der Waals surface area contributed by atoms with Crippen LogP contribution in [0.15, 0.2) is 6.20 Å². The number of nitrogens with zero attached hydrogens (tertiary/aromatic N) is 3. The molecule has 0 spiro atoms. The second kappa shape index (κ2) is 5.75. The molecule has 1 rings (SSSR count). The van der Waals surface area contributed by atoms with Crippen LogP contribution < -0.4 is 5.32 Å². The van der Waals surface area contributed by atoms with Crippen molar-refractivity contribution in [3.05, 3.63) is 11.9 Å². The van der Waals surface area contributed by atoms with Crippen molar-refractivity contribution in [3.63, 3.8) is 0 Å². The van der Waals surface area contributed by atoms with Gasteiger partial charge in [-0.15, -0.1) is 5.10 Å². The molecular weight excluding hydrogens is 176 g/mol. The average Bonchev–Trinajstić information content (AvgIpc) is 2.58. The summed E-state index contributed by atoms with van der Waals surface area (Å²) in [5.74, 6) is 0.706. The Morgan fingerprint density at radius 2 is 2.36 bits per heavy atom. The average molecular weight is 196 g/mol. The molecule has 0 amide bonds. The van der Waals surface area contributed by atoms with Gasteiger partial charge in [0.05, 0.1) is 5.69 Å². The second-order valence-corrected chi connectivity index (χ2v) is 3.84. The Balaban J connectivity index is 2.20. The summed E-state index contributed by atoms with van der Waals surface area (Å²) < 4.78 is 1.75. The van der Waals surface area contributed by atoms with E-state index in [-0.39, 0.29) is 0 Å². The van der Waals surface area contributed by atoms with E-state index in [2.05, 4.69) is 29.5 Å². The predicted molar refractivity (Wildman–Crippen MR) is 57.0 cm³/mol. The Kier molecular flexibility index (Phi) is 4.59. The van der Waals surface area contributed by atoms with E-state index in [9.17, 15) is 0 Å². The molecule has 0 saturated carbocycles. The lowest BCUT2D eigenvalue weighted by molar-refractivity contribution is 0.487. The highest BCUT2D eigenvalue weighted by atomic mass is 15.4. The van der Waals surface area contributed by atoms with Crippen LogP contribution in [-0.2, 0) is 13.5 Å². The summed E-state index contributed by atoms with van der Waals surface area (Å²) >= 11 is 0. The fraction of sp³-hybridized carbons (Fsp3) is 0.800. The van der Waals surface area contributed by atoms with E-state index in [1.54, 1.807) is 4.68 Å². The highest BCUT2D eigenvalue weighted by molar-refractivity contribution is 4.91. The lowest BCUT2D eigenvalue weighted by Crippen LogP contribution is -2.20. The van der Waals surface area contributed by atoms with Gasteiger partial charge in [-0.3, -0.25) is 4.68 Å². The lowest BCUT2D eigenvalue weighted by Gasteiger charge is -2.09. The minimum absolute atomic E-state index is 0.706. The topological polar surface area (TPSA) is 42.7 Å². The van der Waals surface area contributed by atoms with E-state index in [4.69, 9.17) is 0 Å². The number of hydrogen-bond acceptors (Lipinski definition) is 3. The van der Waals surface area contributed by atoms with Crippen LogP contribution in [0, 0.1) is 5.92 Å². The zero-order chi connectivity index (χ0) is 10.4. The third-order valence-corrected chi connectivity index (χ3v) is 2.29. The standard InChI is InChI=1S/C10H20N4/c1-4-11-7-9(2)5-6-10-8-14(3)13-12-10/h8-9,11H,4-7H2,1-3H3. The quantitative estimate of drug-likeness (QED) is 0.738. The summed E-state index contributed by atoms with van der Waals surface area (Å²) in [6, 6.07) is 0. The normalized spacial score (nSPS) is 13.1. The van der Waals surface area contributed by atoms with E-state index in [1.165, 1.54) is 6.42 Å². The monoisotopic (exact) mass is 196 g/mol. The Bertz CT molecular complexity index is 256. The predicted octanol–water partition coefficient (Wildman–Crippen LogP) is 0.993. The highest BCUT2D eigenvalue weighted by Crippen LogP contribution is 2.05. The van der Waals surface area contributed by atoms with Gasteiger partial charge in [-0.1, -0.05) is 19.1 Å². The van der Waals surface area contributed by atoms with E-state index >= 15 is 0 Å². The van der Waals surface area contributed by atoms with Gasteiger partial charge in [-0.2, -0.15) is 0 Å². The van der Waals surface area contributed by atoms with Gasteiger partial charge < -0.3 is 5.32 Å². The smallest absolute Gasteiger partial charge is 0.0827 e. The van der Waals surface area contributed by atoms with Gasteiger partial charge in [-0.25, -0.2) is 0 Å². The third-order valence-electron chi connectivity index (χ3n) is 2.29. The van der Waals surface area contributed by atoms with Crippen molar-refractivity contribution in [2.75, 3.05) is 13.1 Å². The molecule has 0 saturated heterocycles. The van der Waals surface area contributed by atoms with Crippen molar-refractivity contribution in [3.8, 4) is 0 Å². The van der Waals surface area contributed by atoms with Crippen LogP contribution in [0.5, 0.6) is 0 Å². The minimum Gasteiger partial charge on any atom is -0.317 e. The van der Waals surface area contributed by atoms with Crippen LogP contribution in [0.3, 0.4) is 0 Å². The first-order valence-electron chi connectivity index (χ1n) is 5.28. The minimum atomic E-state index is 0.706. The van der Waals surface area contributed by atoms with Gasteiger partial charge in [0.25, 0.3) is 0 Å². The molecule has 14 heavy (non-hydrogen) atoms. The molecule has 0 aromatic carbocycles. The molecular formula is C10H20N4. The molecule has 1 N–H and O–H groups in total. The Morgan fingerprint density at radius 3 is 2.93 bits per heavy atom. The first-order chi connectivity index (χ1) is 6.72. The highest BCUT2D eigenvalue weighted by Gasteiger charge is 2.03. The van der Waals surface area contributed by atoms with Crippen LogP contribution in [0.25, 0.3) is 0 Å². The molecule has 1 heterocycles. The maximum absolute atomic E-state index is 4.06. The van der Waals surface area contributed by atoms with Crippen molar-refractivity contribution >= 4 is 0 Å². The zero-order valence-electron chi connectivity index (χ0n) is 9.32. The number of aryl methyl sites for hydroxylation is 2. The van der Waals surface area contributed by atoms with Gasteiger partial charge in [-0.05, 0) is 31.8 Å². The summed E-state index contributed by atoms with van der Waals surface area (Å²) in [6.07, 6.45) is 4.19. The molecule has 0 bridgehead atoms. The molecule has 4 heteroatoms. The summed E-state index contributed by atoms with van der Waals surface area (Å²) in [6.45, 7) is 6.54. The number of hydrogen-bond donors (Lipinski definition) is 1. The zero-order valence-corrected chi connectivity index (χ0v) is 9.32. The first-order valence-corrected chi connectivity index (χ1v) is 5.28. The van der Waals surface area contributed by atoms with Gasteiger partial charge in [0.2, 0.25) is 0 Å². The maximum atomic E-state index is 4.06. The molecule has 1 aromatic heterocycles. The van der Waals surface area contributed by atoms with Gasteiger partial charge in [0.1, 0.15) is 0 Å². The molecule has 1 aromatic rings. The summed E-state index contributed by atoms with van der Waals surface area (Å²) in [4.78, 5) is 0. The second-order valence-electron chi connectivity index (χ2n) is 3.84. The molecule has 4 nitrogen and oxygen atoms in total. The van der Waals surface area contributed by atoms with Crippen molar-refractivity contribution in [1.29, 1.82) is 0 Å². The molecule has 0 fully saturated rings. The Morgan fingerprint density at radius 1 is 1.57 bits per heavy atom. The van der Waals surface area contributed by atoms with Crippen LogP contribution in [0.4, 0.5) is 0 Å². The SMILES string of the molecule is CCNCC(C)CCc1cn(C)nn1. The fourth-order valence-electron chi connectivity index (χ4n) is 1.40. The molecule has 1 unspecified atom stereocenters. The molecule has 80 valence electrons. The van der Waals surface area contributed by atoms with Crippen LogP contribution >= 0.6 is 0 Å². The van der Waals surface area contributed by atoms with Crippen molar-refractivity contribution in [2.24, 2.45) is 13.0 Å². The molecule has 1 atom stereocenters. The van der Waals surface area contributed by atoms with Crippen LogP contribution in [-0.4, -0.2) is 28.1 Å². The van der Waals surface area contributed by atoms with Gasteiger partial charge in [0.15, 0.2) is 0 Å². The third kappa shape index (κ3) is 3.87. The van der Waals surface area contributed by atoms with Crippen molar-refractivity contribution in [1.82, 2.24) is 20.3 Å². The largest absolute Gasteiger partial charge is 0.317 e. The first kappa shape index (κ1) is 11.2. The number of nitrogens with one attached hydrogen (secondary N) is 1. The summed E-state index contributed by atoms with van der Waals surface area (Å²) in [5, 5.41) is 11.3. The van der Waals surface area contributed by atoms with Crippen molar-refractivity contribution in [2.45, 2.75) is 26.7 Å². The molecule has 0 radical (unpaired) electrons. The van der Waals surface area contributed by atoms with E-state index in [0.29, 0.717) is 5.92 Å². The summed E-state index contributed by atoms with van der Waals surface area (Å²) in [5.41, 5.74) is 1.09. The number of aromatic nitrogens is 3. The molecule has 0 aliphatic heterocycles. The molecule has 0 aliphatic rings. The fourth-order valence-corrected chi connectivity index (χ4v) is 1.40. The van der Waals surface area contributed by atoms with Crippen LogP contribution in [0.1, 0.15) is 26.0 Å². The molecule has 0 aliphatic carbocycles. The van der Waals surface area contributed by atoms with Crippen molar-refractivity contribution < 1.29 is 0 Å². The van der Waals surface area contributed by atoms with E-state index in [0.717, 1.165) is 25.2 Å². The van der Waals surface area contributed by atoms with E-state index < -0.39 is 0 Å². The van der Waals surface area contributed by atoms with Gasteiger partial charge >= 0.3 is 0 Å². The summed E-state index contributed by atoms with van der Waals surface area (Å²) in [7, 11) is 1.90. The van der Waals surface area contributed by atoms with E-state index in [1.807, 2.05) is 13.2 Å². The van der Waals surface area contributed by atoms with Gasteiger partial charge in [0, 0.05) is 13.2 Å².